The molecule has 1 rings (SSSR count). The number of ether oxygens (including phenoxy) is 3. The van der Waals surface area contributed by atoms with Crippen LogP contribution in [0.1, 0.15) is 31.4 Å². The monoisotopic (exact) mass is 409 g/mol. The van der Waals surface area contributed by atoms with Crippen LogP contribution in [0.2, 0.25) is 0 Å². The van der Waals surface area contributed by atoms with Crippen LogP contribution in [-0.4, -0.2) is 49.4 Å². The van der Waals surface area contributed by atoms with Gasteiger partial charge in [0.2, 0.25) is 5.88 Å². The van der Waals surface area contributed by atoms with Gasteiger partial charge >= 0.3 is 6.16 Å². The summed E-state index contributed by atoms with van der Waals surface area (Å²) in [5.41, 5.74) is 7.35. The molecule has 0 saturated heterocycles. The average Bonchev–Trinajstić information content (AvgIpc) is 2.71. The molecule has 1 aromatic rings. The molecule has 0 atom stereocenters. The van der Waals surface area contributed by atoms with Crippen LogP contribution in [0.5, 0.6) is 0 Å². The van der Waals surface area contributed by atoms with Crippen molar-refractivity contribution in [2.75, 3.05) is 20.8 Å². The number of nitrogens with zero attached hydrogens (tertiary/aromatic N) is 2. The highest BCUT2D eigenvalue weighted by Crippen LogP contribution is 2.20. The van der Waals surface area contributed by atoms with Gasteiger partial charge in [-0.2, -0.15) is 0 Å². The lowest BCUT2D eigenvalue weighted by molar-refractivity contribution is -0.451. The van der Waals surface area contributed by atoms with Gasteiger partial charge in [-0.25, -0.2) is 14.4 Å². The largest absolute Gasteiger partial charge is 0.465 e. The number of halogens is 1. The lowest BCUT2D eigenvalue weighted by atomic mass is 10.0. The van der Waals surface area contributed by atoms with Crippen molar-refractivity contribution >= 4 is 17.8 Å². The Bertz CT molecular complexity index is 788. The van der Waals surface area contributed by atoms with Crippen LogP contribution in [0.15, 0.2) is 46.2 Å². The maximum absolute atomic E-state index is 14.1. The number of amidine groups is 1. The second-order valence-corrected chi connectivity index (χ2v) is 5.77. The normalized spacial score (nSPS) is 13.8. The molecule has 0 saturated carbocycles. The highest BCUT2D eigenvalue weighted by Gasteiger charge is 2.26. The van der Waals surface area contributed by atoms with E-state index in [-0.39, 0.29) is 24.3 Å². The zero-order valence-electron chi connectivity index (χ0n) is 17.1. The van der Waals surface area contributed by atoms with E-state index >= 15 is 0 Å². The Morgan fingerprint density at radius 1 is 1.34 bits per heavy atom. The first-order valence-corrected chi connectivity index (χ1v) is 8.99. The van der Waals surface area contributed by atoms with Crippen LogP contribution < -0.4 is 5.73 Å². The molecule has 0 heterocycles. The van der Waals surface area contributed by atoms with Crippen LogP contribution in [0.25, 0.3) is 5.57 Å². The quantitative estimate of drug-likeness (QED) is 0.236. The number of methoxy groups -OCH3 is 1. The Balaban J connectivity index is 3.04. The van der Waals surface area contributed by atoms with Gasteiger partial charge in [-0.15, -0.1) is 0 Å². The molecule has 160 valence electrons. The van der Waals surface area contributed by atoms with E-state index in [0.717, 1.165) is 12.7 Å². The Morgan fingerprint density at radius 3 is 2.66 bits per heavy atom. The molecular weight excluding hydrogens is 381 g/mol. The summed E-state index contributed by atoms with van der Waals surface area (Å²) in [5.74, 6) is -0.427. The van der Waals surface area contributed by atoms with Gasteiger partial charge in [-0.05, 0) is 48.3 Å². The molecule has 0 amide bonds. The summed E-state index contributed by atoms with van der Waals surface area (Å²) in [4.78, 5) is 7.80. The maximum atomic E-state index is 14.1. The third kappa shape index (κ3) is 8.43. The van der Waals surface area contributed by atoms with E-state index in [0.29, 0.717) is 24.0 Å². The van der Waals surface area contributed by atoms with Crippen LogP contribution in [0, 0.1) is 5.82 Å². The van der Waals surface area contributed by atoms with Crippen molar-refractivity contribution < 1.29 is 28.8 Å². The van der Waals surface area contributed by atoms with Crippen LogP contribution >= 0.6 is 0 Å². The number of nitrogens with two attached hydrogens (primary N) is 1. The van der Waals surface area contributed by atoms with Gasteiger partial charge in [-0.3, -0.25) is 4.74 Å². The van der Waals surface area contributed by atoms with Crippen molar-refractivity contribution in [2.45, 2.75) is 32.8 Å². The zero-order valence-corrected chi connectivity index (χ0v) is 17.1. The predicted octanol–water partition coefficient (Wildman–Crippen LogP) is 2.31. The van der Waals surface area contributed by atoms with E-state index in [9.17, 15) is 14.6 Å². The molecular formula is C20H28FN3O5. The van der Waals surface area contributed by atoms with Gasteiger partial charge in [0.15, 0.2) is 0 Å². The average molecular weight is 409 g/mol. The molecule has 0 unspecified atom stereocenters. The number of allylic oxidation sites excluding steroid dienone is 3. The van der Waals surface area contributed by atoms with Crippen molar-refractivity contribution in [2.24, 2.45) is 15.7 Å². The molecule has 9 heteroatoms. The molecule has 4 N–H and O–H groups in total. The van der Waals surface area contributed by atoms with Gasteiger partial charge in [0.25, 0.3) is 6.02 Å². The van der Waals surface area contributed by atoms with E-state index in [2.05, 4.69) is 14.7 Å². The van der Waals surface area contributed by atoms with Gasteiger partial charge in [0.05, 0.1) is 6.61 Å². The second kappa shape index (κ2) is 11.9. The molecule has 0 fully saturated rings. The van der Waals surface area contributed by atoms with E-state index in [1.165, 1.54) is 25.4 Å². The summed E-state index contributed by atoms with van der Waals surface area (Å²) >= 11 is 0. The molecule has 0 aromatic heterocycles. The molecule has 0 aliphatic carbocycles. The SMILES string of the molecule is C\C=C(/N=C\C(=C/CC)c1ccc(F)c(CCOC(N)=NC)c1)OC(O)(O)OC. The van der Waals surface area contributed by atoms with Gasteiger partial charge in [-0.1, -0.05) is 19.1 Å². The summed E-state index contributed by atoms with van der Waals surface area (Å²) in [7, 11) is 2.58. The first kappa shape index (κ1) is 24.3. The van der Waals surface area contributed by atoms with Crippen molar-refractivity contribution in [3.8, 4) is 0 Å². The summed E-state index contributed by atoms with van der Waals surface area (Å²) in [6.45, 7) is 3.75. The topological polar surface area (TPSA) is 119 Å². The van der Waals surface area contributed by atoms with E-state index in [4.69, 9.17) is 15.2 Å². The third-order valence-electron chi connectivity index (χ3n) is 3.73. The summed E-state index contributed by atoms with van der Waals surface area (Å²) in [6.07, 6.45) is 3.04. The lowest BCUT2D eigenvalue weighted by Crippen LogP contribution is -2.33. The van der Waals surface area contributed by atoms with E-state index < -0.39 is 6.16 Å². The Labute approximate surface area is 169 Å². The molecule has 0 radical (unpaired) electrons. The minimum absolute atomic E-state index is 0.0408. The van der Waals surface area contributed by atoms with Crippen molar-refractivity contribution in [1.82, 2.24) is 0 Å². The number of hydrogen-bond donors (Lipinski definition) is 3. The zero-order chi connectivity index (χ0) is 21.9. The van der Waals surface area contributed by atoms with E-state index in [1.54, 1.807) is 19.1 Å². The number of rotatable bonds is 10. The molecule has 0 bridgehead atoms. The molecule has 29 heavy (non-hydrogen) atoms. The smallest absolute Gasteiger partial charge is 0.456 e. The fourth-order valence-electron chi connectivity index (χ4n) is 2.21. The number of aliphatic imine (C=N–C) groups is 2. The summed E-state index contributed by atoms with van der Waals surface area (Å²) in [5, 5.41) is 18.9. The fraction of sp³-hybridized carbons (Fsp3) is 0.400. The molecule has 0 aliphatic rings. The fourth-order valence-corrected chi connectivity index (χ4v) is 2.21. The minimum Gasteiger partial charge on any atom is -0.465 e. The number of hydrogen-bond acceptors (Lipinski definition) is 7. The molecule has 8 nitrogen and oxygen atoms in total. The van der Waals surface area contributed by atoms with Crippen molar-refractivity contribution in [3.63, 3.8) is 0 Å². The highest BCUT2D eigenvalue weighted by atomic mass is 19.1. The third-order valence-corrected chi connectivity index (χ3v) is 3.73. The van der Waals surface area contributed by atoms with Crippen LogP contribution in [0.3, 0.4) is 0 Å². The number of aliphatic hydroxyl groups is 2. The second-order valence-electron chi connectivity index (χ2n) is 5.77. The van der Waals surface area contributed by atoms with E-state index in [1.807, 2.05) is 13.0 Å². The Kier molecular flexibility index (Phi) is 10.0. The lowest BCUT2D eigenvalue weighted by Gasteiger charge is -2.19. The van der Waals surface area contributed by atoms with Gasteiger partial charge in [0, 0.05) is 26.8 Å². The van der Waals surface area contributed by atoms with Gasteiger partial charge < -0.3 is 25.4 Å². The molecule has 0 spiro atoms. The summed E-state index contributed by atoms with van der Waals surface area (Å²) in [6, 6.07) is 4.73. The van der Waals surface area contributed by atoms with Gasteiger partial charge in [0.1, 0.15) is 5.82 Å². The Morgan fingerprint density at radius 2 is 2.07 bits per heavy atom. The minimum atomic E-state index is -2.79. The first-order chi connectivity index (χ1) is 13.8. The summed E-state index contributed by atoms with van der Waals surface area (Å²) < 4.78 is 28.6. The number of benzene rings is 1. The van der Waals surface area contributed by atoms with Crippen molar-refractivity contribution in [3.05, 3.63) is 53.2 Å². The van der Waals surface area contributed by atoms with Crippen molar-refractivity contribution in [1.29, 1.82) is 0 Å². The van der Waals surface area contributed by atoms with Crippen LogP contribution in [0.4, 0.5) is 4.39 Å². The standard InChI is InChI=1S/C20H28FN3O5/c1-5-7-16(13-24-18(6-2)29-20(25,26)27-4)14-8-9-17(21)15(12-14)10-11-28-19(22)23-3/h6-9,12-13,25-26H,5,10-11H2,1-4H3,(H2,22,23)/b16-7+,18-6+,24-13-. The Hall–Kier alpha value is -2.75. The predicted molar refractivity (Wildman–Crippen MR) is 109 cm³/mol. The molecule has 1 aromatic carbocycles. The first-order valence-electron chi connectivity index (χ1n) is 8.99. The van der Waals surface area contributed by atoms with Crippen LogP contribution in [-0.2, 0) is 20.6 Å². The molecule has 0 aliphatic heterocycles. The highest BCUT2D eigenvalue weighted by molar-refractivity contribution is 6.10. The maximum Gasteiger partial charge on any atom is 0.456 e.